The average molecular weight is 509 g/mol. The van der Waals surface area contributed by atoms with E-state index in [0.717, 1.165) is 40.1 Å². The molecular weight excluding hydrogens is 464 g/mol. The lowest BCUT2D eigenvalue weighted by Crippen LogP contribution is -2.30. The number of hydrogen-bond donors (Lipinski definition) is 0. The lowest BCUT2D eigenvalue weighted by molar-refractivity contribution is 0.0722. The molecule has 2 amide bonds. The van der Waals surface area contributed by atoms with E-state index in [-0.39, 0.29) is 38.8 Å². The summed E-state index contributed by atoms with van der Waals surface area (Å²) in [6.45, 7) is 15.8. The van der Waals surface area contributed by atoms with Gasteiger partial charge < -0.3 is 14.3 Å². The van der Waals surface area contributed by atoms with E-state index in [1.54, 1.807) is 24.7 Å². The van der Waals surface area contributed by atoms with Crippen molar-refractivity contribution < 1.29 is 14.1 Å². The van der Waals surface area contributed by atoms with Crippen LogP contribution in [0, 0.1) is 6.92 Å². The molecule has 0 N–H and O–H groups in total. The second kappa shape index (κ2) is 13.7. The van der Waals surface area contributed by atoms with Crippen LogP contribution in [-0.2, 0) is 13.1 Å². The first kappa shape index (κ1) is 31.5. The highest BCUT2D eigenvalue weighted by atomic mass is 16.5. The van der Waals surface area contributed by atoms with Gasteiger partial charge in [-0.15, -0.1) is 0 Å². The highest BCUT2D eigenvalue weighted by Gasteiger charge is 2.30. The molecule has 202 valence electrons. The summed E-state index contributed by atoms with van der Waals surface area (Å²) in [5.74, 6) is 0.818. The van der Waals surface area contributed by atoms with Gasteiger partial charge in [0.1, 0.15) is 6.26 Å². The summed E-state index contributed by atoms with van der Waals surface area (Å²) in [6.07, 6.45) is 5.14. The number of aryl methyl sites for hydroxylation is 1. The smallest absolute Gasteiger partial charge is 0.256 e. The third-order valence-corrected chi connectivity index (χ3v) is 6.16. The van der Waals surface area contributed by atoms with E-state index in [1.807, 2.05) is 42.7 Å². The van der Waals surface area contributed by atoms with Crippen molar-refractivity contribution in [2.75, 3.05) is 0 Å². The fourth-order valence-corrected chi connectivity index (χ4v) is 3.92. The first-order chi connectivity index (χ1) is 16.6. The minimum Gasteiger partial charge on any atom is -0.364 e. The number of carbonyl (C=O) groups excluding carboxylic acids is 2. The molecule has 0 unspecified atom stereocenters. The molecule has 4 heterocycles. The molecule has 2 aromatic heterocycles. The van der Waals surface area contributed by atoms with E-state index < -0.39 is 0 Å². The zero-order valence-corrected chi connectivity index (χ0v) is 21.8. The number of fused-ring (bicyclic) bond motifs is 2. The Labute approximate surface area is 222 Å². The third-order valence-electron chi connectivity index (χ3n) is 6.16. The number of pyridine rings is 1. The van der Waals surface area contributed by atoms with Crippen LogP contribution in [0.4, 0.5) is 0 Å². The Kier molecular flexibility index (Phi) is 11.7. The molecule has 0 fully saturated rings. The second-order valence-corrected chi connectivity index (χ2v) is 9.82. The Morgan fingerprint density at radius 1 is 0.865 bits per heavy atom. The first-order valence-corrected chi connectivity index (χ1v) is 12.1. The minimum absolute atomic E-state index is 0. The third kappa shape index (κ3) is 7.51. The van der Waals surface area contributed by atoms with Crippen molar-refractivity contribution in [3.63, 3.8) is 0 Å². The van der Waals surface area contributed by atoms with Gasteiger partial charge in [0.05, 0.1) is 24.0 Å². The zero-order chi connectivity index (χ0) is 25.7. The van der Waals surface area contributed by atoms with Crippen molar-refractivity contribution in [3.05, 3.63) is 82.5 Å². The number of nitrogens with zero attached hydrogens (tertiary/aromatic N) is 4. The maximum Gasteiger partial charge on any atom is 0.256 e. The van der Waals surface area contributed by atoms with Gasteiger partial charge in [-0.25, -0.2) is 0 Å². The summed E-state index contributed by atoms with van der Waals surface area (Å²) in [5, 5.41) is 3.57. The van der Waals surface area contributed by atoms with Crippen molar-refractivity contribution in [2.45, 2.75) is 94.4 Å². The summed E-state index contributed by atoms with van der Waals surface area (Å²) in [4.78, 5) is 31.6. The lowest BCUT2D eigenvalue weighted by atomic mass is 10.1. The molecule has 0 bridgehead atoms. The van der Waals surface area contributed by atoms with Gasteiger partial charge in [-0.3, -0.25) is 14.6 Å². The number of aromatic nitrogens is 2. The Morgan fingerprint density at radius 3 is 2.00 bits per heavy atom. The van der Waals surface area contributed by atoms with Gasteiger partial charge in [0.2, 0.25) is 0 Å². The highest BCUT2D eigenvalue weighted by Crippen LogP contribution is 2.25. The molecule has 3 aromatic rings. The molecular formula is C30H44N4O3. The van der Waals surface area contributed by atoms with Crippen LogP contribution >= 0.6 is 0 Å². The van der Waals surface area contributed by atoms with Crippen LogP contribution in [0.5, 0.6) is 0 Å². The van der Waals surface area contributed by atoms with Crippen molar-refractivity contribution in [1.29, 1.82) is 0 Å². The molecule has 7 heteroatoms. The SMILES string of the molecule is C.C.CC(C)N1Cc2ncccc2C1=O.CC(C)c1cnoc1.Cc1ccc2c(c1)C(=O)N(C(C)C)C2. The van der Waals surface area contributed by atoms with Crippen LogP contribution in [0.25, 0.3) is 0 Å². The fraction of sp³-hybridized carbons (Fsp3) is 0.467. The highest BCUT2D eigenvalue weighted by molar-refractivity contribution is 5.99. The predicted octanol–water partition coefficient (Wildman–Crippen LogP) is 6.88. The summed E-state index contributed by atoms with van der Waals surface area (Å²) in [5.41, 5.74) is 6.03. The maximum atomic E-state index is 11.9. The standard InChI is InChI=1S/C12H15NO.C10H12N2O.C6H9NO.2CH4/c1-8(2)13-7-10-5-4-9(3)6-11(10)12(13)14;1-7(2)12-6-9-8(10(12)13)4-3-5-11-9;1-5(2)6-3-7-8-4-6;;/h4-6,8H,7H2,1-3H3;3-5,7H,6H2,1-2H3;3-5H,1-2H3;2*1H4. The lowest BCUT2D eigenvalue weighted by Gasteiger charge is -2.19. The van der Waals surface area contributed by atoms with E-state index >= 15 is 0 Å². The van der Waals surface area contributed by atoms with Crippen LogP contribution in [0.2, 0.25) is 0 Å². The fourth-order valence-electron chi connectivity index (χ4n) is 3.92. The Bertz CT molecular complexity index is 1150. The number of rotatable bonds is 3. The molecule has 0 spiro atoms. The van der Waals surface area contributed by atoms with Crippen molar-refractivity contribution in [3.8, 4) is 0 Å². The Hall–Kier alpha value is -3.48. The van der Waals surface area contributed by atoms with E-state index in [2.05, 4.69) is 54.5 Å². The summed E-state index contributed by atoms with van der Waals surface area (Å²) < 4.78 is 4.63. The van der Waals surface area contributed by atoms with Crippen LogP contribution < -0.4 is 0 Å². The summed E-state index contributed by atoms with van der Waals surface area (Å²) in [7, 11) is 0. The molecule has 7 nitrogen and oxygen atoms in total. The molecule has 0 aliphatic carbocycles. The van der Waals surface area contributed by atoms with E-state index in [1.165, 1.54) is 0 Å². The van der Waals surface area contributed by atoms with E-state index in [9.17, 15) is 9.59 Å². The normalized spacial score (nSPS) is 13.4. The first-order valence-electron chi connectivity index (χ1n) is 12.1. The zero-order valence-electron chi connectivity index (χ0n) is 21.8. The topological polar surface area (TPSA) is 79.5 Å². The second-order valence-electron chi connectivity index (χ2n) is 9.82. The van der Waals surface area contributed by atoms with Crippen LogP contribution in [0.15, 0.2) is 53.5 Å². The summed E-state index contributed by atoms with van der Waals surface area (Å²) in [6, 6.07) is 10.3. The van der Waals surface area contributed by atoms with Crippen LogP contribution in [0.3, 0.4) is 0 Å². The largest absolute Gasteiger partial charge is 0.364 e. The Balaban J connectivity index is 0.000000280. The van der Waals surface area contributed by atoms with Gasteiger partial charge in [0, 0.05) is 36.0 Å². The monoisotopic (exact) mass is 508 g/mol. The van der Waals surface area contributed by atoms with Gasteiger partial charge >= 0.3 is 0 Å². The molecule has 1 aromatic carbocycles. The molecule has 0 saturated heterocycles. The van der Waals surface area contributed by atoms with Gasteiger partial charge in [-0.05, 0) is 64.3 Å². The number of carbonyl (C=O) groups is 2. The summed E-state index contributed by atoms with van der Waals surface area (Å²) >= 11 is 0. The van der Waals surface area contributed by atoms with Crippen LogP contribution in [-0.4, -0.2) is 43.8 Å². The minimum atomic E-state index is 0. The van der Waals surface area contributed by atoms with Gasteiger partial charge in [-0.2, -0.15) is 0 Å². The average Bonchev–Trinajstić information content (AvgIpc) is 3.54. The Morgan fingerprint density at radius 2 is 1.49 bits per heavy atom. The van der Waals surface area contributed by atoms with Gasteiger partial charge in [-0.1, -0.05) is 51.6 Å². The number of hydrogen-bond acceptors (Lipinski definition) is 5. The number of benzene rings is 1. The van der Waals surface area contributed by atoms with Gasteiger partial charge in [0.15, 0.2) is 0 Å². The molecule has 0 radical (unpaired) electrons. The molecule has 0 atom stereocenters. The van der Waals surface area contributed by atoms with E-state index in [0.29, 0.717) is 12.5 Å². The van der Waals surface area contributed by atoms with E-state index in [4.69, 9.17) is 0 Å². The van der Waals surface area contributed by atoms with Crippen molar-refractivity contribution in [1.82, 2.24) is 19.9 Å². The van der Waals surface area contributed by atoms with Crippen molar-refractivity contribution >= 4 is 11.8 Å². The molecule has 2 aliphatic rings. The predicted molar refractivity (Wildman–Crippen MR) is 149 cm³/mol. The van der Waals surface area contributed by atoms with Gasteiger partial charge in [0.25, 0.3) is 11.8 Å². The molecule has 37 heavy (non-hydrogen) atoms. The quantitative estimate of drug-likeness (QED) is 0.385. The number of amides is 2. The molecule has 0 saturated carbocycles. The maximum absolute atomic E-state index is 11.9. The van der Waals surface area contributed by atoms with Crippen LogP contribution in [0.1, 0.15) is 105 Å². The molecule has 2 aliphatic heterocycles. The van der Waals surface area contributed by atoms with Crippen molar-refractivity contribution in [2.24, 2.45) is 0 Å². The molecule has 5 rings (SSSR count).